The molecule has 0 fully saturated rings. The van der Waals surface area contributed by atoms with Crippen molar-refractivity contribution in [1.29, 1.82) is 10.5 Å². The molecule has 2 aromatic rings. The van der Waals surface area contributed by atoms with Crippen LogP contribution in [0.25, 0.3) is 0 Å². The van der Waals surface area contributed by atoms with E-state index in [1.54, 1.807) is 36.4 Å². The van der Waals surface area contributed by atoms with Crippen LogP contribution >= 0.6 is 12.2 Å². The van der Waals surface area contributed by atoms with E-state index in [0.29, 0.717) is 35.0 Å². The lowest BCUT2D eigenvalue weighted by Gasteiger charge is -2.10. The summed E-state index contributed by atoms with van der Waals surface area (Å²) >= 11 is 5.28. The zero-order chi connectivity index (χ0) is 15.8. The highest BCUT2D eigenvalue weighted by Gasteiger charge is 2.01. The molecule has 2 rings (SSSR count). The Morgan fingerprint density at radius 2 is 1.77 bits per heavy atom. The summed E-state index contributed by atoms with van der Waals surface area (Å²) in [5.74, 6) is 0.658. The van der Waals surface area contributed by atoms with Crippen LogP contribution in [0.15, 0.2) is 48.5 Å². The summed E-state index contributed by atoms with van der Waals surface area (Å²) in [5, 5.41) is 20.7. The van der Waals surface area contributed by atoms with Crippen molar-refractivity contribution in [2.24, 2.45) is 0 Å². The van der Waals surface area contributed by atoms with Gasteiger partial charge in [0.15, 0.2) is 0 Å². The Kier molecular flexibility index (Phi) is 5.48. The van der Waals surface area contributed by atoms with E-state index < -0.39 is 0 Å². The number of benzene rings is 2. The molecule has 5 heteroatoms. The van der Waals surface area contributed by atoms with Crippen LogP contribution in [0.3, 0.4) is 0 Å². The van der Waals surface area contributed by atoms with Crippen molar-refractivity contribution in [3.63, 3.8) is 0 Å². The molecule has 4 nitrogen and oxygen atoms in total. The van der Waals surface area contributed by atoms with E-state index in [1.165, 1.54) is 0 Å². The fourth-order valence-electron chi connectivity index (χ4n) is 1.79. The Morgan fingerprint density at radius 3 is 2.45 bits per heavy atom. The lowest BCUT2D eigenvalue weighted by atomic mass is 10.1. The molecule has 108 valence electrons. The summed E-state index contributed by atoms with van der Waals surface area (Å²) in [7, 11) is 0. The Hall–Kier alpha value is -2.89. The molecule has 0 aromatic heterocycles. The van der Waals surface area contributed by atoms with Gasteiger partial charge in [0.25, 0.3) is 0 Å². The van der Waals surface area contributed by atoms with Gasteiger partial charge in [-0.15, -0.1) is 0 Å². The van der Waals surface area contributed by atoms with E-state index in [0.717, 1.165) is 5.56 Å². The zero-order valence-corrected chi connectivity index (χ0v) is 12.6. The van der Waals surface area contributed by atoms with Gasteiger partial charge in [0.2, 0.25) is 0 Å². The van der Waals surface area contributed by atoms with Crippen LogP contribution in [-0.2, 0) is 0 Å². The maximum absolute atomic E-state index is 8.81. The van der Waals surface area contributed by atoms with E-state index in [1.807, 2.05) is 12.1 Å². The molecule has 0 heterocycles. The monoisotopic (exact) mass is 307 g/mol. The SMILES string of the molecule is N#Cc1ccc(C(=S)NCCOc2cccc(C#N)c2)cc1. The fraction of sp³-hybridized carbons (Fsp3) is 0.118. The molecule has 0 unspecified atom stereocenters. The van der Waals surface area contributed by atoms with Gasteiger partial charge in [0.05, 0.1) is 23.3 Å². The van der Waals surface area contributed by atoms with E-state index in [2.05, 4.69) is 17.5 Å². The molecule has 22 heavy (non-hydrogen) atoms. The van der Waals surface area contributed by atoms with E-state index >= 15 is 0 Å². The van der Waals surface area contributed by atoms with Gasteiger partial charge in [-0.2, -0.15) is 10.5 Å². The lowest BCUT2D eigenvalue weighted by molar-refractivity contribution is 0.322. The number of thiocarbonyl (C=S) groups is 1. The number of hydrogen-bond acceptors (Lipinski definition) is 4. The third-order valence-electron chi connectivity index (χ3n) is 2.90. The Labute approximate surface area is 134 Å². The van der Waals surface area contributed by atoms with Crippen molar-refractivity contribution in [3.8, 4) is 17.9 Å². The highest BCUT2D eigenvalue weighted by atomic mass is 32.1. The molecule has 0 spiro atoms. The van der Waals surface area contributed by atoms with Crippen molar-refractivity contribution in [2.75, 3.05) is 13.2 Å². The third kappa shape index (κ3) is 4.31. The summed E-state index contributed by atoms with van der Waals surface area (Å²) in [4.78, 5) is 0.610. The summed E-state index contributed by atoms with van der Waals surface area (Å²) in [5.41, 5.74) is 2.03. The van der Waals surface area contributed by atoms with Gasteiger partial charge >= 0.3 is 0 Å². The molecule has 0 radical (unpaired) electrons. The number of nitriles is 2. The topological polar surface area (TPSA) is 68.8 Å². The highest BCUT2D eigenvalue weighted by molar-refractivity contribution is 7.80. The van der Waals surface area contributed by atoms with Gasteiger partial charge < -0.3 is 10.1 Å². The van der Waals surface area contributed by atoms with Crippen molar-refractivity contribution < 1.29 is 4.74 Å². The summed E-state index contributed by atoms with van der Waals surface area (Å²) in [6.07, 6.45) is 0. The maximum atomic E-state index is 8.81. The van der Waals surface area contributed by atoms with E-state index in [4.69, 9.17) is 27.5 Å². The normalized spacial score (nSPS) is 9.36. The number of rotatable bonds is 5. The Bertz CT molecular complexity index is 742. The molecule has 2 aromatic carbocycles. The Morgan fingerprint density at radius 1 is 1.05 bits per heavy atom. The van der Waals surface area contributed by atoms with Crippen molar-refractivity contribution >= 4 is 17.2 Å². The number of ether oxygens (including phenoxy) is 1. The standard InChI is InChI=1S/C17H13N3OS/c18-11-13-4-6-15(7-5-13)17(22)20-8-9-21-16-3-1-2-14(10-16)12-19/h1-7,10H,8-9H2,(H,20,22). The first kappa shape index (κ1) is 15.5. The van der Waals surface area contributed by atoms with Crippen LogP contribution in [0.5, 0.6) is 5.75 Å². The van der Waals surface area contributed by atoms with Crippen LogP contribution in [0, 0.1) is 22.7 Å². The average molecular weight is 307 g/mol. The first-order valence-corrected chi connectivity index (χ1v) is 7.05. The first-order chi connectivity index (χ1) is 10.7. The quantitative estimate of drug-likeness (QED) is 0.679. The summed E-state index contributed by atoms with van der Waals surface area (Å²) < 4.78 is 5.55. The van der Waals surface area contributed by atoms with E-state index in [9.17, 15) is 0 Å². The molecular weight excluding hydrogens is 294 g/mol. The van der Waals surface area contributed by atoms with Crippen molar-refractivity contribution in [1.82, 2.24) is 5.32 Å². The van der Waals surface area contributed by atoms with Crippen molar-refractivity contribution in [2.45, 2.75) is 0 Å². The molecule has 0 aliphatic rings. The van der Waals surface area contributed by atoms with Crippen LogP contribution in [-0.4, -0.2) is 18.1 Å². The number of hydrogen-bond donors (Lipinski definition) is 1. The minimum Gasteiger partial charge on any atom is -0.492 e. The maximum Gasteiger partial charge on any atom is 0.120 e. The van der Waals surface area contributed by atoms with Gasteiger partial charge in [0, 0.05) is 12.1 Å². The summed E-state index contributed by atoms with van der Waals surface area (Å²) in [6, 6.07) is 18.2. The molecular formula is C17H13N3OS. The smallest absolute Gasteiger partial charge is 0.120 e. The fourth-order valence-corrected chi connectivity index (χ4v) is 2.03. The number of nitrogens with one attached hydrogen (secondary N) is 1. The molecule has 0 amide bonds. The van der Waals surface area contributed by atoms with Gasteiger partial charge in [-0.05, 0) is 30.3 Å². The molecule has 0 atom stereocenters. The molecule has 0 saturated heterocycles. The largest absolute Gasteiger partial charge is 0.492 e. The van der Waals surface area contributed by atoms with Crippen LogP contribution in [0.2, 0.25) is 0 Å². The van der Waals surface area contributed by atoms with Gasteiger partial charge in [-0.3, -0.25) is 0 Å². The van der Waals surface area contributed by atoms with Gasteiger partial charge in [-0.1, -0.05) is 30.4 Å². The molecule has 1 N–H and O–H groups in total. The minimum absolute atomic E-state index is 0.436. The predicted octanol–water partition coefficient (Wildman–Crippen LogP) is 2.77. The highest BCUT2D eigenvalue weighted by Crippen LogP contribution is 2.12. The summed E-state index contributed by atoms with van der Waals surface area (Å²) in [6.45, 7) is 0.987. The second-order valence-electron chi connectivity index (χ2n) is 4.43. The Balaban J connectivity index is 1.79. The molecule has 0 aliphatic heterocycles. The minimum atomic E-state index is 0.436. The zero-order valence-electron chi connectivity index (χ0n) is 11.7. The second-order valence-corrected chi connectivity index (χ2v) is 4.84. The van der Waals surface area contributed by atoms with E-state index in [-0.39, 0.29) is 0 Å². The molecule has 0 aliphatic carbocycles. The third-order valence-corrected chi connectivity index (χ3v) is 3.28. The van der Waals surface area contributed by atoms with Gasteiger partial charge in [-0.25, -0.2) is 0 Å². The van der Waals surface area contributed by atoms with Gasteiger partial charge in [0.1, 0.15) is 17.3 Å². The molecule has 0 bridgehead atoms. The average Bonchev–Trinajstić information content (AvgIpc) is 2.58. The van der Waals surface area contributed by atoms with Crippen LogP contribution < -0.4 is 10.1 Å². The number of nitrogens with zero attached hydrogens (tertiary/aromatic N) is 2. The second kappa shape index (κ2) is 7.78. The lowest BCUT2D eigenvalue weighted by Crippen LogP contribution is -2.27. The van der Waals surface area contributed by atoms with Crippen LogP contribution in [0.4, 0.5) is 0 Å². The molecule has 0 saturated carbocycles. The van der Waals surface area contributed by atoms with Crippen molar-refractivity contribution in [3.05, 3.63) is 65.2 Å². The first-order valence-electron chi connectivity index (χ1n) is 6.64. The van der Waals surface area contributed by atoms with Crippen LogP contribution in [0.1, 0.15) is 16.7 Å². The predicted molar refractivity (Wildman–Crippen MR) is 87.5 cm³/mol.